The van der Waals surface area contributed by atoms with Gasteiger partial charge in [0.05, 0.1) is 12.7 Å². The van der Waals surface area contributed by atoms with Crippen molar-refractivity contribution in [3.8, 4) is 0 Å². The number of carbonyl (C=O) groups excluding carboxylic acids is 3. The van der Waals surface area contributed by atoms with Gasteiger partial charge in [0.1, 0.15) is 6.61 Å². The quantitative estimate of drug-likeness (QED) is 0.0239. The monoisotopic (exact) mass is 797 g/mol. The van der Waals surface area contributed by atoms with E-state index >= 15 is 0 Å². The van der Waals surface area contributed by atoms with Gasteiger partial charge in [-0.25, -0.2) is 4.57 Å². The molecule has 0 aromatic carbocycles. The van der Waals surface area contributed by atoms with Gasteiger partial charge >= 0.3 is 19.8 Å². The van der Waals surface area contributed by atoms with E-state index in [9.17, 15) is 24.1 Å². The fraction of sp³-hybridized carbons (Fsp3) is 0.795. The molecule has 0 unspecified atom stereocenters. The number of esters is 2. The molecule has 10 nitrogen and oxygen atoms in total. The first kappa shape index (κ1) is 50.9. The van der Waals surface area contributed by atoms with Gasteiger partial charge in [-0.3, -0.25) is 18.9 Å². The molecule has 0 aromatic heterocycles. The van der Waals surface area contributed by atoms with Gasteiger partial charge in [0, 0.05) is 18.8 Å². The Hall–Kier alpha value is -2.10. The lowest BCUT2D eigenvalue weighted by Crippen LogP contribution is -2.29. The fourth-order valence-corrected chi connectivity index (χ4v) is 7.14. The minimum Gasteiger partial charge on any atom is -0.462 e. The van der Waals surface area contributed by atoms with Crippen LogP contribution in [0.25, 0.3) is 0 Å². The number of hydrogen-bond acceptors (Lipinski definition) is 8. The molecule has 0 fully saturated rings. The molecule has 1 aliphatic carbocycles. The lowest BCUT2D eigenvalue weighted by atomic mass is 9.90. The average Bonchev–Trinajstić information content (AvgIpc) is 3.50. The molecule has 55 heavy (non-hydrogen) atoms. The molecule has 0 aromatic rings. The molecule has 4 atom stereocenters. The van der Waals surface area contributed by atoms with Crippen molar-refractivity contribution in [1.29, 1.82) is 0 Å². The van der Waals surface area contributed by atoms with Crippen LogP contribution < -0.4 is 0 Å². The smallest absolute Gasteiger partial charge is 0.462 e. The highest BCUT2D eigenvalue weighted by molar-refractivity contribution is 7.46. The number of aliphatic hydroxyl groups excluding tert-OH is 1. The third-order valence-corrected chi connectivity index (χ3v) is 10.6. The first-order valence-electron chi connectivity index (χ1n) is 21.8. The molecule has 1 rings (SSSR count). The molecule has 318 valence electrons. The van der Waals surface area contributed by atoms with Crippen molar-refractivity contribution < 1.29 is 47.8 Å². The number of ketones is 1. The standard InChI is InChI=1S/C44H77O10P/c1-3-5-7-8-9-10-11-12-13-14-15-16-17-18-19-20-21-27-31-44(48)54-40(37-53-55(49,50)51)36-52-43(47)30-26-23-22-25-28-38-32-35-42(46)41(38)34-33-39(45)29-24-6-4-2/h22,25,32-35,38-41,45H,3-21,23-24,26-31,36-37H2,1-2H3,(H2,49,50,51)/b25-22-,34-33+/t38-,39-,40+,41+/m0/s1. The van der Waals surface area contributed by atoms with Gasteiger partial charge in [-0.1, -0.05) is 173 Å². The largest absolute Gasteiger partial charge is 0.469 e. The average molecular weight is 797 g/mol. The highest BCUT2D eigenvalue weighted by Crippen LogP contribution is 2.36. The van der Waals surface area contributed by atoms with Gasteiger partial charge in [-0.2, -0.15) is 0 Å². The minimum absolute atomic E-state index is 0.0293. The fourth-order valence-electron chi connectivity index (χ4n) is 6.78. The van der Waals surface area contributed by atoms with Crippen LogP contribution in [0.2, 0.25) is 0 Å². The summed E-state index contributed by atoms with van der Waals surface area (Å²) >= 11 is 0. The summed E-state index contributed by atoms with van der Waals surface area (Å²) in [4.78, 5) is 55.4. The molecule has 0 bridgehead atoms. The topological polar surface area (TPSA) is 157 Å². The number of rotatable bonds is 37. The van der Waals surface area contributed by atoms with E-state index in [2.05, 4.69) is 18.4 Å². The maximum atomic E-state index is 12.5. The van der Waals surface area contributed by atoms with Gasteiger partial charge in [0.25, 0.3) is 0 Å². The van der Waals surface area contributed by atoms with E-state index in [4.69, 9.17) is 19.3 Å². The summed E-state index contributed by atoms with van der Waals surface area (Å²) in [6.45, 7) is 3.43. The second kappa shape index (κ2) is 34.0. The Morgan fingerprint density at radius 3 is 1.82 bits per heavy atom. The van der Waals surface area contributed by atoms with Crippen LogP contribution >= 0.6 is 7.82 Å². The molecule has 0 spiro atoms. The molecule has 1 aliphatic rings. The summed E-state index contributed by atoms with van der Waals surface area (Å²) in [5, 5.41) is 10.2. The molecule has 0 saturated heterocycles. The van der Waals surface area contributed by atoms with Crippen molar-refractivity contribution in [3.05, 3.63) is 36.5 Å². The zero-order chi connectivity index (χ0) is 40.4. The molecule has 0 radical (unpaired) electrons. The third-order valence-electron chi connectivity index (χ3n) is 10.2. The van der Waals surface area contributed by atoms with Crippen molar-refractivity contribution >= 4 is 25.5 Å². The van der Waals surface area contributed by atoms with Gasteiger partial charge < -0.3 is 24.4 Å². The second-order valence-corrected chi connectivity index (χ2v) is 16.6. The van der Waals surface area contributed by atoms with Crippen molar-refractivity contribution in [2.75, 3.05) is 13.2 Å². The van der Waals surface area contributed by atoms with E-state index in [1.807, 2.05) is 24.3 Å². The Bertz CT molecular complexity index is 1130. The molecular formula is C44H77O10P. The molecule has 0 aliphatic heterocycles. The number of carbonyl (C=O) groups is 3. The summed E-state index contributed by atoms with van der Waals surface area (Å²) in [5.41, 5.74) is 0. The zero-order valence-electron chi connectivity index (χ0n) is 34.4. The van der Waals surface area contributed by atoms with E-state index in [-0.39, 0.29) is 37.1 Å². The molecule has 3 N–H and O–H groups in total. The summed E-state index contributed by atoms with van der Waals surface area (Å²) in [7, 11) is -4.80. The summed E-state index contributed by atoms with van der Waals surface area (Å²) in [6.07, 6.45) is 37.8. The molecular weight excluding hydrogens is 719 g/mol. The van der Waals surface area contributed by atoms with Crippen LogP contribution in [0.5, 0.6) is 0 Å². The predicted octanol–water partition coefficient (Wildman–Crippen LogP) is 11.0. The Morgan fingerprint density at radius 1 is 0.727 bits per heavy atom. The van der Waals surface area contributed by atoms with E-state index in [1.165, 1.54) is 89.9 Å². The Morgan fingerprint density at radius 2 is 1.25 bits per heavy atom. The summed E-state index contributed by atoms with van der Waals surface area (Å²) in [6, 6.07) is 0. The maximum Gasteiger partial charge on any atom is 0.469 e. The number of hydrogen-bond donors (Lipinski definition) is 3. The number of aliphatic hydroxyl groups is 1. The van der Waals surface area contributed by atoms with Crippen LogP contribution in [0.3, 0.4) is 0 Å². The normalized spacial score (nSPS) is 17.1. The van der Waals surface area contributed by atoms with Crippen LogP contribution in [-0.2, 0) is 32.9 Å². The first-order chi connectivity index (χ1) is 26.6. The highest BCUT2D eigenvalue weighted by atomic mass is 31.2. The van der Waals surface area contributed by atoms with E-state index in [0.717, 1.165) is 38.5 Å². The lowest BCUT2D eigenvalue weighted by molar-refractivity contribution is -0.161. The minimum atomic E-state index is -4.80. The van der Waals surface area contributed by atoms with Gasteiger partial charge in [0.2, 0.25) is 0 Å². The SMILES string of the molecule is CCCCCCCCCCCCCCCCCCCCC(=O)O[C@H](COC(=O)CCC/C=C\C[C@H]1C=CC(=O)[C@@H]1/C=C/[C@@H](O)CCCCC)COP(=O)(O)O. The second-order valence-electron chi connectivity index (χ2n) is 15.3. The molecule has 0 amide bonds. The van der Waals surface area contributed by atoms with Gasteiger partial charge in [0.15, 0.2) is 11.9 Å². The molecule has 11 heteroatoms. The molecule has 0 saturated carbocycles. The maximum absolute atomic E-state index is 12.5. The van der Waals surface area contributed by atoms with Crippen LogP contribution in [-0.4, -0.2) is 58.0 Å². The zero-order valence-corrected chi connectivity index (χ0v) is 35.3. The van der Waals surface area contributed by atoms with Crippen molar-refractivity contribution in [2.45, 2.75) is 199 Å². The Labute approximate surface area is 333 Å². The predicted molar refractivity (Wildman–Crippen MR) is 220 cm³/mol. The van der Waals surface area contributed by atoms with E-state index < -0.39 is 38.6 Å². The van der Waals surface area contributed by atoms with Crippen molar-refractivity contribution in [2.24, 2.45) is 11.8 Å². The number of phosphoric ester groups is 1. The van der Waals surface area contributed by atoms with E-state index in [0.29, 0.717) is 32.1 Å². The van der Waals surface area contributed by atoms with E-state index in [1.54, 1.807) is 12.2 Å². The number of unbranched alkanes of at least 4 members (excludes halogenated alkanes) is 20. The Kier molecular flexibility index (Phi) is 31.5. The van der Waals surface area contributed by atoms with Gasteiger partial charge in [-0.15, -0.1) is 0 Å². The number of phosphoric acid groups is 1. The lowest BCUT2D eigenvalue weighted by Gasteiger charge is -2.18. The highest BCUT2D eigenvalue weighted by Gasteiger charge is 2.27. The Balaban J connectivity index is 2.20. The third kappa shape index (κ3) is 30.7. The number of ether oxygens (including phenoxy) is 2. The van der Waals surface area contributed by atoms with Crippen LogP contribution in [0.1, 0.15) is 187 Å². The first-order valence-corrected chi connectivity index (χ1v) is 23.4. The summed E-state index contributed by atoms with van der Waals surface area (Å²) in [5.74, 6) is -1.24. The van der Waals surface area contributed by atoms with Crippen molar-refractivity contribution in [3.63, 3.8) is 0 Å². The van der Waals surface area contributed by atoms with Crippen LogP contribution in [0.15, 0.2) is 36.5 Å². The van der Waals surface area contributed by atoms with Crippen molar-refractivity contribution in [1.82, 2.24) is 0 Å². The number of allylic oxidation sites excluding steroid dienone is 5. The molecule has 0 heterocycles. The van der Waals surface area contributed by atoms with Crippen LogP contribution in [0.4, 0.5) is 0 Å². The van der Waals surface area contributed by atoms with Gasteiger partial charge in [-0.05, 0) is 44.1 Å². The summed E-state index contributed by atoms with van der Waals surface area (Å²) < 4.78 is 26.4. The van der Waals surface area contributed by atoms with Crippen LogP contribution in [0, 0.1) is 11.8 Å².